The molecule has 0 unspecified atom stereocenters. The summed E-state index contributed by atoms with van der Waals surface area (Å²) in [5.74, 6) is -0.401. The predicted octanol–water partition coefficient (Wildman–Crippen LogP) is 2.25. The largest absolute Gasteiger partial charge is 0.352 e. The fraction of sp³-hybridized carbons (Fsp3) is 0.579. The second-order valence-electron chi connectivity index (χ2n) is 7.32. The number of anilines is 1. The fourth-order valence-electron chi connectivity index (χ4n) is 3.88. The zero-order chi connectivity index (χ0) is 19.4. The lowest BCUT2D eigenvalue weighted by Crippen LogP contribution is -2.49. The Morgan fingerprint density at radius 3 is 2.30 bits per heavy atom. The normalized spacial score (nSPS) is 21.7. The summed E-state index contributed by atoms with van der Waals surface area (Å²) in [5.41, 5.74) is 0.537. The lowest BCUT2D eigenvalue weighted by Gasteiger charge is -2.28. The van der Waals surface area contributed by atoms with E-state index in [1.165, 1.54) is 29.8 Å². The summed E-state index contributed by atoms with van der Waals surface area (Å²) in [6, 6.07) is 5.56. The number of benzene rings is 1. The summed E-state index contributed by atoms with van der Waals surface area (Å²) in [6.45, 7) is 1.74. The van der Waals surface area contributed by atoms with Crippen LogP contribution in [-0.2, 0) is 19.6 Å². The van der Waals surface area contributed by atoms with Crippen LogP contribution in [-0.4, -0.2) is 43.2 Å². The van der Waals surface area contributed by atoms with E-state index in [1.54, 1.807) is 12.1 Å². The Labute approximate surface area is 160 Å². The summed E-state index contributed by atoms with van der Waals surface area (Å²) < 4.78 is 27.4. The van der Waals surface area contributed by atoms with Gasteiger partial charge in [-0.1, -0.05) is 19.3 Å². The highest BCUT2D eigenvalue weighted by molar-refractivity contribution is 7.89. The third-order valence-corrected chi connectivity index (χ3v) is 7.16. The molecule has 0 aromatic heterocycles. The number of hydrogen-bond acceptors (Lipinski definition) is 4. The number of nitrogens with zero attached hydrogens (tertiary/aromatic N) is 1. The SMILES string of the molecule is CC(=O)Nc1ccc(S(=O)(=O)N2CCC[C@H]2C(=O)NC2CCCCC2)cc1. The van der Waals surface area contributed by atoms with E-state index in [4.69, 9.17) is 0 Å². The predicted molar refractivity (Wildman–Crippen MR) is 103 cm³/mol. The molecule has 2 aliphatic rings. The molecule has 27 heavy (non-hydrogen) atoms. The van der Waals surface area contributed by atoms with Gasteiger partial charge in [-0.05, 0) is 49.9 Å². The minimum absolute atomic E-state index is 0.133. The molecular weight excluding hydrogens is 366 g/mol. The molecule has 1 heterocycles. The van der Waals surface area contributed by atoms with Crippen LogP contribution < -0.4 is 10.6 Å². The van der Waals surface area contributed by atoms with Crippen molar-refractivity contribution in [2.75, 3.05) is 11.9 Å². The Morgan fingerprint density at radius 1 is 1.00 bits per heavy atom. The van der Waals surface area contributed by atoms with Gasteiger partial charge < -0.3 is 10.6 Å². The van der Waals surface area contributed by atoms with Gasteiger partial charge in [-0.3, -0.25) is 9.59 Å². The molecular formula is C19H27N3O4S. The molecule has 7 nitrogen and oxygen atoms in total. The van der Waals surface area contributed by atoms with E-state index < -0.39 is 16.1 Å². The van der Waals surface area contributed by atoms with Crippen molar-refractivity contribution >= 4 is 27.5 Å². The smallest absolute Gasteiger partial charge is 0.243 e. The van der Waals surface area contributed by atoms with Gasteiger partial charge in [0.2, 0.25) is 21.8 Å². The molecule has 0 bridgehead atoms. The van der Waals surface area contributed by atoms with Gasteiger partial charge in [0.25, 0.3) is 0 Å². The number of rotatable bonds is 5. The van der Waals surface area contributed by atoms with Gasteiger partial charge in [0.1, 0.15) is 6.04 Å². The highest BCUT2D eigenvalue weighted by Gasteiger charge is 2.39. The summed E-state index contributed by atoms with van der Waals surface area (Å²) in [7, 11) is -3.76. The number of hydrogen-bond donors (Lipinski definition) is 2. The van der Waals surface area contributed by atoms with Gasteiger partial charge >= 0.3 is 0 Å². The topological polar surface area (TPSA) is 95.6 Å². The van der Waals surface area contributed by atoms with Crippen molar-refractivity contribution in [3.8, 4) is 0 Å². The molecule has 8 heteroatoms. The maximum Gasteiger partial charge on any atom is 0.243 e. The standard InChI is InChI=1S/C19H27N3O4S/c1-14(23)20-16-9-11-17(12-10-16)27(25,26)22-13-5-8-18(22)19(24)21-15-6-3-2-4-7-15/h9-12,15,18H,2-8,13H2,1H3,(H,20,23)(H,21,24)/t18-/m0/s1. The zero-order valence-electron chi connectivity index (χ0n) is 15.6. The van der Waals surface area contributed by atoms with Crippen LogP contribution in [0.2, 0.25) is 0 Å². The Morgan fingerprint density at radius 2 is 1.67 bits per heavy atom. The fourth-order valence-corrected chi connectivity index (χ4v) is 5.54. The summed E-state index contributed by atoms with van der Waals surface area (Å²) in [5, 5.41) is 5.67. The maximum atomic E-state index is 13.0. The number of sulfonamides is 1. The number of carbonyl (C=O) groups excluding carboxylic acids is 2. The van der Waals surface area contributed by atoms with E-state index in [2.05, 4.69) is 10.6 Å². The van der Waals surface area contributed by atoms with Gasteiger partial charge in [0.05, 0.1) is 4.90 Å². The van der Waals surface area contributed by atoms with E-state index in [0.29, 0.717) is 25.1 Å². The first-order valence-electron chi connectivity index (χ1n) is 9.58. The van der Waals surface area contributed by atoms with Gasteiger partial charge in [0, 0.05) is 25.2 Å². The molecule has 1 aliphatic carbocycles. The molecule has 1 aliphatic heterocycles. The van der Waals surface area contributed by atoms with Crippen LogP contribution in [0.25, 0.3) is 0 Å². The van der Waals surface area contributed by atoms with E-state index >= 15 is 0 Å². The summed E-state index contributed by atoms with van der Waals surface area (Å²) in [6.07, 6.45) is 6.57. The first-order chi connectivity index (χ1) is 12.9. The van der Waals surface area contributed by atoms with Crippen LogP contribution in [0.3, 0.4) is 0 Å². The van der Waals surface area contributed by atoms with Crippen molar-refractivity contribution in [1.82, 2.24) is 9.62 Å². The van der Waals surface area contributed by atoms with Crippen LogP contribution in [0.15, 0.2) is 29.2 Å². The number of amides is 2. The third-order valence-electron chi connectivity index (χ3n) is 5.24. The van der Waals surface area contributed by atoms with Crippen LogP contribution in [0.1, 0.15) is 51.9 Å². The van der Waals surface area contributed by atoms with Gasteiger partial charge in [0.15, 0.2) is 0 Å². The molecule has 1 aromatic rings. The molecule has 2 N–H and O–H groups in total. The quantitative estimate of drug-likeness (QED) is 0.802. The lowest BCUT2D eigenvalue weighted by atomic mass is 9.95. The van der Waals surface area contributed by atoms with Crippen molar-refractivity contribution in [2.45, 2.75) is 68.8 Å². The second-order valence-corrected chi connectivity index (χ2v) is 9.21. The molecule has 1 saturated carbocycles. The molecule has 0 spiro atoms. The molecule has 3 rings (SSSR count). The molecule has 1 saturated heterocycles. The van der Waals surface area contributed by atoms with Gasteiger partial charge in [-0.25, -0.2) is 8.42 Å². The number of nitrogens with one attached hydrogen (secondary N) is 2. The molecule has 1 atom stereocenters. The molecule has 148 valence electrons. The van der Waals surface area contributed by atoms with Crippen molar-refractivity contribution < 1.29 is 18.0 Å². The van der Waals surface area contributed by atoms with Crippen LogP contribution in [0, 0.1) is 0 Å². The Hall–Kier alpha value is -1.93. The van der Waals surface area contributed by atoms with Crippen molar-refractivity contribution in [3.63, 3.8) is 0 Å². The van der Waals surface area contributed by atoms with Gasteiger partial charge in [-0.15, -0.1) is 0 Å². The second kappa shape index (κ2) is 8.39. The minimum atomic E-state index is -3.76. The van der Waals surface area contributed by atoms with E-state index in [1.807, 2.05) is 0 Å². The average Bonchev–Trinajstić information content (AvgIpc) is 3.13. The Kier molecular flexibility index (Phi) is 6.16. The maximum absolute atomic E-state index is 13.0. The zero-order valence-corrected chi connectivity index (χ0v) is 16.4. The van der Waals surface area contributed by atoms with Crippen molar-refractivity contribution in [3.05, 3.63) is 24.3 Å². The van der Waals surface area contributed by atoms with E-state index in [0.717, 1.165) is 25.7 Å². The van der Waals surface area contributed by atoms with Crippen molar-refractivity contribution in [1.29, 1.82) is 0 Å². The average molecular weight is 394 g/mol. The summed E-state index contributed by atoms with van der Waals surface area (Å²) >= 11 is 0. The van der Waals surface area contributed by atoms with E-state index in [-0.39, 0.29) is 22.8 Å². The highest BCUT2D eigenvalue weighted by Crippen LogP contribution is 2.27. The number of carbonyl (C=O) groups is 2. The summed E-state index contributed by atoms with van der Waals surface area (Å²) in [4.78, 5) is 23.9. The first-order valence-corrected chi connectivity index (χ1v) is 11.0. The van der Waals surface area contributed by atoms with Gasteiger partial charge in [-0.2, -0.15) is 4.31 Å². The van der Waals surface area contributed by atoms with Crippen molar-refractivity contribution in [2.24, 2.45) is 0 Å². The third kappa shape index (κ3) is 4.68. The lowest BCUT2D eigenvalue weighted by molar-refractivity contribution is -0.125. The monoisotopic (exact) mass is 393 g/mol. The molecule has 2 amide bonds. The van der Waals surface area contributed by atoms with Crippen LogP contribution in [0.5, 0.6) is 0 Å². The molecule has 0 radical (unpaired) electrons. The van der Waals surface area contributed by atoms with Crippen LogP contribution in [0.4, 0.5) is 5.69 Å². The first kappa shape index (κ1) is 19.8. The molecule has 2 fully saturated rings. The Bertz CT molecular complexity index is 786. The molecule has 1 aromatic carbocycles. The van der Waals surface area contributed by atoms with Crippen LogP contribution >= 0.6 is 0 Å². The minimum Gasteiger partial charge on any atom is -0.352 e. The Balaban J connectivity index is 1.72. The highest BCUT2D eigenvalue weighted by atomic mass is 32.2. The van der Waals surface area contributed by atoms with E-state index in [9.17, 15) is 18.0 Å².